The lowest BCUT2D eigenvalue weighted by molar-refractivity contribution is 0.0949. The summed E-state index contributed by atoms with van der Waals surface area (Å²) in [6, 6.07) is 2.05. The molecular weight excluding hydrogens is 212 g/mol. The Morgan fingerprint density at radius 3 is 3.07 bits per heavy atom. The molecule has 0 radical (unpaired) electrons. The molecule has 6 heteroatoms. The number of hydrogen-bond donors (Lipinski definition) is 2. The maximum Gasteiger partial charge on any atom is 0.270 e. The smallest absolute Gasteiger partial charge is 0.270 e. The Kier molecular flexibility index (Phi) is 4.57. The minimum Gasteiger partial charge on any atom is -0.375 e. The Morgan fingerprint density at radius 1 is 1.67 bits per heavy atom. The van der Waals surface area contributed by atoms with E-state index in [0.717, 1.165) is 12.8 Å². The predicted octanol–water partition coefficient (Wildman–Crippen LogP) is 1.15. The van der Waals surface area contributed by atoms with Crippen molar-refractivity contribution in [1.29, 1.82) is 5.26 Å². The third-order valence-corrected chi connectivity index (χ3v) is 2.43. The zero-order chi connectivity index (χ0) is 11.1. The highest BCUT2D eigenvalue weighted by Crippen LogP contribution is 2.10. The van der Waals surface area contributed by atoms with E-state index in [1.165, 1.54) is 11.3 Å². The summed E-state index contributed by atoms with van der Waals surface area (Å²) in [6.45, 7) is 0.567. The van der Waals surface area contributed by atoms with Crippen LogP contribution < -0.4 is 11.1 Å². The van der Waals surface area contributed by atoms with Crippen molar-refractivity contribution in [2.75, 3.05) is 12.3 Å². The molecule has 0 fully saturated rings. The first-order valence-corrected chi connectivity index (χ1v) is 5.48. The maximum absolute atomic E-state index is 11.4. The average molecular weight is 224 g/mol. The minimum absolute atomic E-state index is 0.208. The van der Waals surface area contributed by atoms with Gasteiger partial charge in [-0.05, 0) is 12.8 Å². The molecule has 3 N–H and O–H groups in total. The molecule has 0 spiro atoms. The zero-order valence-electron chi connectivity index (χ0n) is 8.19. The number of hydrogen-bond acceptors (Lipinski definition) is 5. The van der Waals surface area contributed by atoms with Crippen LogP contribution >= 0.6 is 11.3 Å². The molecule has 1 aromatic rings. The van der Waals surface area contributed by atoms with Crippen LogP contribution in [0.4, 0.5) is 5.13 Å². The number of rotatable bonds is 5. The van der Waals surface area contributed by atoms with E-state index in [9.17, 15) is 4.79 Å². The summed E-state index contributed by atoms with van der Waals surface area (Å²) in [7, 11) is 0. The van der Waals surface area contributed by atoms with E-state index in [1.807, 2.05) is 0 Å². The fraction of sp³-hybridized carbons (Fsp3) is 0.444. The van der Waals surface area contributed by atoms with Crippen LogP contribution in [0.3, 0.4) is 0 Å². The van der Waals surface area contributed by atoms with Crippen LogP contribution in [-0.2, 0) is 0 Å². The maximum atomic E-state index is 11.4. The van der Waals surface area contributed by atoms with E-state index in [4.69, 9.17) is 11.0 Å². The summed E-state index contributed by atoms with van der Waals surface area (Å²) >= 11 is 1.24. The number of amides is 1. The van der Waals surface area contributed by atoms with E-state index >= 15 is 0 Å². The number of thiazole rings is 1. The number of nitrogen functional groups attached to an aromatic ring is 1. The van der Waals surface area contributed by atoms with Gasteiger partial charge in [-0.15, -0.1) is 11.3 Å². The molecule has 0 aliphatic heterocycles. The van der Waals surface area contributed by atoms with Crippen molar-refractivity contribution in [2.24, 2.45) is 0 Å². The molecule has 0 unspecified atom stereocenters. The van der Waals surface area contributed by atoms with Crippen LogP contribution in [0.1, 0.15) is 29.8 Å². The summed E-state index contributed by atoms with van der Waals surface area (Å²) in [6.07, 6.45) is 2.13. The Morgan fingerprint density at radius 2 is 2.47 bits per heavy atom. The van der Waals surface area contributed by atoms with Crippen molar-refractivity contribution in [3.63, 3.8) is 0 Å². The van der Waals surface area contributed by atoms with E-state index in [2.05, 4.69) is 16.4 Å². The summed E-state index contributed by atoms with van der Waals surface area (Å²) in [5.41, 5.74) is 5.76. The normalized spacial score (nSPS) is 9.53. The van der Waals surface area contributed by atoms with Crippen LogP contribution in [0.25, 0.3) is 0 Å². The second-order valence-electron chi connectivity index (χ2n) is 2.94. The molecule has 0 bridgehead atoms. The number of nitriles is 1. The van der Waals surface area contributed by atoms with Crippen LogP contribution in [0.5, 0.6) is 0 Å². The van der Waals surface area contributed by atoms with Gasteiger partial charge in [-0.1, -0.05) is 0 Å². The van der Waals surface area contributed by atoms with Crippen molar-refractivity contribution in [2.45, 2.75) is 19.3 Å². The number of aromatic nitrogens is 1. The Bertz CT molecular complexity index is 368. The highest BCUT2D eigenvalue weighted by atomic mass is 32.1. The molecular formula is C9H12N4OS. The van der Waals surface area contributed by atoms with Gasteiger partial charge in [-0.3, -0.25) is 4.79 Å². The number of nitrogens with one attached hydrogen (secondary N) is 1. The monoisotopic (exact) mass is 224 g/mol. The van der Waals surface area contributed by atoms with Gasteiger partial charge in [0.05, 0.1) is 6.07 Å². The van der Waals surface area contributed by atoms with Crippen molar-refractivity contribution in [1.82, 2.24) is 10.3 Å². The minimum atomic E-state index is -0.208. The molecule has 1 aromatic heterocycles. The van der Waals surface area contributed by atoms with Crippen molar-refractivity contribution >= 4 is 22.4 Å². The summed E-state index contributed by atoms with van der Waals surface area (Å²) in [4.78, 5) is 15.3. The van der Waals surface area contributed by atoms with Gasteiger partial charge in [-0.25, -0.2) is 4.98 Å². The molecule has 0 aliphatic carbocycles. The molecule has 1 heterocycles. The number of nitrogens with zero attached hydrogens (tertiary/aromatic N) is 2. The van der Waals surface area contributed by atoms with Gasteiger partial charge in [0.25, 0.3) is 5.91 Å². The van der Waals surface area contributed by atoms with Gasteiger partial charge in [0.1, 0.15) is 5.69 Å². The van der Waals surface area contributed by atoms with Crippen LogP contribution in [0.2, 0.25) is 0 Å². The van der Waals surface area contributed by atoms with Gasteiger partial charge >= 0.3 is 0 Å². The second kappa shape index (κ2) is 5.98. The molecule has 5 nitrogen and oxygen atoms in total. The van der Waals surface area contributed by atoms with Gasteiger partial charge in [0, 0.05) is 18.3 Å². The quantitative estimate of drug-likeness (QED) is 0.734. The fourth-order valence-electron chi connectivity index (χ4n) is 1.01. The van der Waals surface area contributed by atoms with E-state index < -0.39 is 0 Å². The summed E-state index contributed by atoms with van der Waals surface area (Å²) in [5.74, 6) is -0.208. The highest BCUT2D eigenvalue weighted by molar-refractivity contribution is 7.13. The molecule has 0 atom stereocenters. The van der Waals surface area contributed by atoms with Crippen molar-refractivity contribution in [3.05, 3.63) is 11.1 Å². The summed E-state index contributed by atoms with van der Waals surface area (Å²) in [5, 5.41) is 13.0. The average Bonchev–Trinajstić information content (AvgIpc) is 2.64. The number of anilines is 1. The lowest BCUT2D eigenvalue weighted by Crippen LogP contribution is -2.24. The topological polar surface area (TPSA) is 91.8 Å². The number of carbonyl (C=O) groups excluding carboxylic acids is 1. The SMILES string of the molecule is N#CCCCCNC(=O)c1csc(N)n1. The molecule has 0 aromatic carbocycles. The molecule has 0 saturated carbocycles. The fourth-order valence-corrected chi connectivity index (χ4v) is 1.56. The molecule has 0 saturated heterocycles. The molecule has 1 rings (SSSR count). The Labute approximate surface area is 91.9 Å². The lowest BCUT2D eigenvalue weighted by Gasteiger charge is -2.00. The number of unbranched alkanes of at least 4 members (excludes halogenated alkanes) is 2. The van der Waals surface area contributed by atoms with Crippen LogP contribution in [-0.4, -0.2) is 17.4 Å². The molecule has 0 aliphatic rings. The van der Waals surface area contributed by atoms with Crippen LogP contribution in [0, 0.1) is 11.3 Å². The summed E-state index contributed by atoms with van der Waals surface area (Å²) < 4.78 is 0. The van der Waals surface area contributed by atoms with E-state index in [1.54, 1.807) is 5.38 Å². The van der Waals surface area contributed by atoms with Crippen molar-refractivity contribution in [3.8, 4) is 6.07 Å². The van der Waals surface area contributed by atoms with E-state index in [0.29, 0.717) is 23.8 Å². The van der Waals surface area contributed by atoms with E-state index in [-0.39, 0.29) is 5.91 Å². The highest BCUT2D eigenvalue weighted by Gasteiger charge is 2.07. The molecule has 15 heavy (non-hydrogen) atoms. The van der Waals surface area contributed by atoms with Gasteiger partial charge in [0.15, 0.2) is 5.13 Å². The van der Waals surface area contributed by atoms with Gasteiger partial charge in [-0.2, -0.15) is 5.26 Å². The largest absolute Gasteiger partial charge is 0.375 e. The molecule has 80 valence electrons. The number of nitrogens with two attached hydrogens (primary N) is 1. The lowest BCUT2D eigenvalue weighted by atomic mass is 10.2. The molecule has 1 amide bonds. The van der Waals surface area contributed by atoms with Crippen LogP contribution in [0.15, 0.2) is 5.38 Å². The number of carbonyl (C=O) groups is 1. The second-order valence-corrected chi connectivity index (χ2v) is 3.83. The van der Waals surface area contributed by atoms with Gasteiger partial charge < -0.3 is 11.1 Å². The predicted molar refractivity (Wildman–Crippen MR) is 58.3 cm³/mol. The third-order valence-electron chi connectivity index (χ3n) is 1.76. The first kappa shape index (κ1) is 11.5. The zero-order valence-corrected chi connectivity index (χ0v) is 9.01. The standard InChI is InChI=1S/C9H12N4OS/c10-4-2-1-3-5-12-8(14)7-6-15-9(11)13-7/h6H,1-3,5H2,(H2,11,13)(H,12,14). The Hall–Kier alpha value is -1.61. The van der Waals surface area contributed by atoms with Gasteiger partial charge in [0.2, 0.25) is 0 Å². The van der Waals surface area contributed by atoms with Crippen molar-refractivity contribution < 1.29 is 4.79 Å². The third kappa shape index (κ3) is 3.95. The Balaban J connectivity index is 2.23. The first-order valence-electron chi connectivity index (χ1n) is 4.60. The first-order chi connectivity index (χ1) is 7.24.